The predicted molar refractivity (Wildman–Crippen MR) is 140 cm³/mol. The van der Waals surface area contributed by atoms with Gasteiger partial charge in [-0.25, -0.2) is 0 Å². The van der Waals surface area contributed by atoms with E-state index in [9.17, 15) is 5.26 Å². The summed E-state index contributed by atoms with van der Waals surface area (Å²) in [5.74, 6) is 1.34. The van der Waals surface area contributed by atoms with Crippen LogP contribution in [0.3, 0.4) is 0 Å². The second-order valence-corrected chi connectivity index (χ2v) is 11.0. The van der Waals surface area contributed by atoms with E-state index in [1.807, 2.05) is 36.0 Å². The first-order valence-corrected chi connectivity index (χ1v) is 13.3. The normalized spacial score (nSPS) is 17.4. The molecule has 0 bridgehead atoms. The molecule has 1 unspecified atom stereocenters. The van der Waals surface area contributed by atoms with Crippen molar-refractivity contribution in [3.05, 3.63) is 75.3 Å². The zero-order chi connectivity index (χ0) is 22.8. The highest BCUT2D eigenvalue weighted by Gasteiger charge is 2.25. The molecule has 33 heavy (non-hydrogen) atoms. The van der Waals surface area contributed by atoms with E-state index in [-0.39, 0.29) is 0 Å². The van der Waals surface area contributed by atoms with Gasteiger partial charge in [-0.2, -0.15) is 5.26 Å². The molecule has 0 spiro atoms. The number of thioether (sulfide) groups is 1. The number of hydrogen-bond acceptors (Lipinski definition) is 4. The molecule has 1 saturated carbocycles. The highest BCUT2D eigenvalue weighted by atomic mass is 35.5. The average Bonchev–Trinajstić information content (AvgIpc) is 3.66. The monoisotopic (exact) mass is 495 g/mol. The fourth-order valence-electron chi connectivity index (χ4n) is 4.73. The topological polar surface area (TPSA) is 39.1 Å². The van der Waals surface area contributed by atoms with Crippen molar-refractivity contribution in [1.82, 2.24) is 10.2 Å². The van der Waals surface area contributed by atoms with Gasteiger partial charge in [-0.1, -0.05) is 53.5 Å². The Hall–Kier alpha value is -1.74. The van der Waals surface area contributed by atoms with Crippen LogP contribution in [0.15, 0.2) is 53.4 Å². The summed E-state index contributed by atoms with van der Waals surface area (Å²) in [5.41, 5.74) is 3.33. The molecule has 5 rings (SSSR count). The molecule has 1 N–H and O–H groups in total. The molecule has 1 aliphatic heterocycles. The second kappa shape index (κ2) is 10.3. The summed E-state index contributed by atoms with van der Waals surface area (Å²) in [6, 6.07) is 19.7. The molecule has 3 aromatic carbocycles. The lowest BCUT2D eigenvalue weighted by Crippen LogP contribution is -2.31. The lowest BCUT2D eigenvalue weighted by atomic mass is 9.94. The number of benzene rings is 3. The maximum atomic E-state index is 9.79. The van der Waals surface area contributed by atoms with Crippen LogP contribution < -0.4 is 5.32 Å². The minimum absolute atomic E-state index is 0.364. The van der Waals surface area contributed by atoms with Crippen LogP contribution >= 0.6 is 35.0 Å². The molecule has 2 aliphatic rings. The number of nitriles is 1. The van der Waals surface area contributed by atoms with Gasteiger partial charge in [0.05, 0.1) is 15.6 Å². The van der Waals surface area contributed by atoms with Crippen LogP contribution in [-0.2, 0) is 6.54 Å². The Balaban J connectivity index is 1.43. The van der Waals surface area contributed by atoms with Crippen molar-refractivity contribution in [2.45, 2.75) is 42.7 Å². The third-order valence-electron chi connectivity index (χ3n) is 6.66. The Morgan fingerprint density at radius 1 is 1.12 bits per heavy atom. The third-order valence-corrected chi connectivity index (χ3v) is 8.54. The Labute approximate surface area is 210 Å². The molecule has 0 saturated heterocycles. The number of hydrogen-bond donors (Lipinski definition) is 1. The fourth-order valence-corrected chi connectivity index (χ4v) is 6.20. The van der Waals surface area contributed by atoms with Gasteiger partial charge < -0.3 is 5.32 Å². The van der Waals surface area contributed by atoms with Crippen LogP contribution in [0, 0.1) is 11.3 Å². The average molecular weight is 497 g/mol. The Kier molecular flexibility index (Phi) is 7.16. The zero-order valence-electron chi connectivity index (χ0n) is 18.5. The van der Waals surface area contributed by atoms with Crippen molar-refractivity contribution in [3.63, 3.8) is 0 Å². The summed E-state index contributed by atoms with van der Waals surface area (Å²) in [7, 11) is 0. The van der Waals surface area contributed by atoms with Crippen LogP contribution in [0.4, 0.5) is 0 Å². The minimum Gasteiger partial charge on any atom is -0.314 e. The van der Waals surface area contributed by atoms with Crippen molar-refractivity contribution >= 4 is 45.7 Å². The van der Waals surface area contributed by atoms with Gasteiger partial charge in [0, 0.05) is 36.3 Å². The summed E-state index contributed by atoms with van der Waals surface area (Å²) >= 11 is 14.4. The predicted octanol–water partition coefficient (Wildman–Crippen LogP) is 6.85. The van der Waals surface area contributed by atoms with E-state index in [4.69, 9.17) is 23.2 Å². The van der Waals surface area contributed by atoms with Gasteiger partial charge in [0.1, 0.15) is 6.07 Å². The first-order chi connectivity index (χ1) is 16.1. The SMILES string of the molecule is N#Cc1cc2ccccc2c2c1SCCN(CC(CCNC1CC1)c1ccc(Cl)c(Cl)c1)C2. The smallest absolute Gasteiger partial charge is 0.100 e. The molecule has 170 valence electrons. The maximum absolute atomic E-state index is 9.79. The highest BCUT2D eigenvalue weighted by molar-refractivity contribution is 7.99. The Morgan fingerprint density at radius 2 is 1.97 bits per heavy atom. The molecular formula is C27H27Cl2N3S. The molecule has 3 aromatic rings. The van der Waals surface area contributed by atoms with Crippen molar-refractivity contribution < 1.29 is 0 Å². The Morgan fingerprint density at radius 3 is 2.76 bits per heavy atom. The summed E-state index contributed by atoms with van der Waals surface area (Å²) < 4.78 is 0. The third kappa shape index (κ3) is 5.34. The van der Waals surface area contributed by atoms with Gasteiger partial charge in [0.15, 0.2) is 0 Å². The van der Waals surface area contributed by atoms with E-state index in [2.05, 4.69) is 40.6 Å². The fraction of sp³-hybridized carbons (Fsp3) is 0.370. The summed E-state index contributed by atoms with van der Waals surface area (Å²) in [6.07, 6.45) is 3.65. The van der Waals surface area contributed by atoms with Crippen LogP contribution in [0.25, 0.3) is 10.8 Å². The van der Waals surface area contributed by atoms with Crippen LogP contribution in [0.2, 0.25) is 10.0 Å². The number of nitrogens with one attached hydrogen (secondary N) is 1. The van der Waals surface area contributed by atoms with Crippen molar-refractivity contribution in [1.29, 1.82) is 5.26 Å². The highest BCUT2D eigenvalue weighted by Crippen LogP contribution is 2.37. The number of halogens is 2. The first kappa shape index (κ1) is 23.0. The van der Waals surface area contributed by atoms with Crippen molar-refractivity contribution in [2.75, 3.05) is 25.4 Å². The van der Waals surface area contributed by atoms with Crippen LogP contribution in [0.1, 0.15) is 41.9 Å². The molecule has 6 heteroatoms. The van der Waals surface area contributed by atoms with Crippen LogP contribution in [-0.4, -0.2) is 36.3 Å². The van der Waals surface area contributed by atoms with E-state index < -0.39 is 0 Å². The lowest BCUT2D eigenvalue weighted by Gasteiger charge is -2.27. The molecule has 1 atom stereocenters. The second-order valence-electron chi connectivity index (χ2n) is 9.04. The van der Waals surface area contributed by atoms with E-state index in [1.54, 1.807) is 0 Å². The summed E-state index contributed by atoms with van der Waals surface area (Å²) in [5, 5.41) is 17.1. The molecule has 3 nitrogen and oxygen atoms in total. The van der Waals surface area contributed by atoms with E-state index in [0.717, 1.165) is 54.2 Å². The number of fused-ring (bicyclic) bond motifs is 3. The molecular weight excluding hydrogens is 469 g/mol. The summed E-state index contributed by atoms with van der Waals surface area (Å²) in [4.78, 5) is 3.71. The standard InChI is InChI=1S/C27H27Cl2N3S/c28-25-8-5-18(14-26(25)29)20(9-10-31-22-6-7-22)16-32-11-12-33-27-21(15-30)13-19-3-1-2-4-23(19)24(27)17-32/h1-5,8,13-14,20,22,31H,6-7,9-12,16-17H2. The maximum Gasteiger partial charge on any atom is 0.100 e. The minimum atomic E-state index is 0.364. The van der Waals surface area contributed by atoms with E-state index in [1.165, 1.54) is 29.4 Å². The number of nitrogens with zero attached hydrogens (tertiary/aromatic N) is 2. The molecule has 0 aromatic heterocycles. The first-order valence-electron chi connectivity index (χ1n) is 11.6. The molecule has 1 fully saturated rings. The summed E-state index contributed by atoms with van der Waals surface area (Å²) in [6.45, 7) is 3.81. The van der Waals surface area contributed by atoms with Crippen molar-refractivity contribution in [2.24, 2.45) is 0 Å². The van der Waals surface area contributed by atoms with Crippen molar-refractivity contribution in [3.8, 4) is 6.07 Å². The van der Waals surface area contributed by atoms with Crippen LogP contribution in [0.5, 0.6) is 0 Å². The van der Waals surface area contributed by atoms with Gasteiger partial charge in [-0.05, 0) is 71.8 Å². The largest absolute Gasteiger partial charge is 0.314 e. The van der Waals surface area contributed by atoms with E-state index in [0.29, 0.717) is 22.0 Å². The Bertz CT molecular complexity index is 1200. The zero-order valence-corrected chi connectivity index (χ0v) is 20.8. The van der Waals surface area contributed by atoms with Gasteiger partial charge in [-0.15, -0.1) is 11.8 Å². The van der Waals surface area contributed by atoms with Gasteiger partial charge in [-0.3, -0.25) is 4.90 Å². The van der Waals surface area contributed by atoms with Gasteiger partial charge in [0.2, 0.25) is 0 Å². The molecule has 1 heterocycles. The van der Waals surface area contributed by atoms with Gasteiger partial charge >= 0.3 is 0 Å². The molecule has 0 amide bonds. The van der Waals surface area contributed by atoms with E-state index >= 15 is 0 Å². The lowest BCUT2D eigenvalue weighted by molar-refractivity contribution is 0.259. The molecule has 0 radical (unpaired) electrons. The molecule has 1 aliphatic carbocycles. The quantitative estimate of drug-likeness (QED) is 0.388. The number of rotatable bonds is 7. The van der Waals surface area contributed by atoms with Gasteiger partial charge in [0.25, 0.3) is 0 Å².